The zero-order valence-electron chi connectivity index (χ0n) is 9.19. The molecule has 2 unspecified atom stereocenters. The van der Waals surface area contributed by atoms with Gasteiger partial charge in [0.1, 0.15) is 10.0 Å². The maximum absolute atomic E-state index is 4.18. The van der Waals surface area contributed by atoms with Crippen molar-refractivity contribution in [3.63, 3.8) is 0 Å². The smallest absolute Gasteiger partial charge is 0.134 e. The van der Waals surface area contributed by atoms with Crippen molar-refractivity contribution in [3.8, 4) is 0 Å². The van der Waals surface area contributed by atoms with Crippen molar-refractivity contribution in [1.29, 1.82) is 0 Å². The molecule has 0 radical (unpaired) electrons. The molecule has 5 heteroatoms. The Morgan fingerprint density at radius 2 is 2.33 bits per heavy atom. The molecule has 1 aliphatic rings. The van der Waals surface area contributed by atoms with Crippen LogP contribution in [0.5, 0.6) is 0 Å². The Labute approximate surface area is 99.1 Å². The molecule has 15 heavy (non-hydrogen) atoms. The molecule has 1 aromatic rings. The summed E-state index contributed by atoms with van der Waals surface area (Å²) in [6.45, 7) is 4.18. The summed E-state index contributed by atoms with van der Waals surface area (Å²) in [6, 6.07) is 1.00. The SMILES string of the molecule is Cc1nnc(C(C)NC2CCCSC2)s1. The summed E-state index contributed by atoms with van der Waals surface area (Å²) in [4.78, 5) is 0. The minimum absolute atomic E-state index is 0.347. The molecule has 0 saturated carbocycles. The molecule has 1 fully saturated rings. The molecule has 1 aromatic heterocycles. The number of thioether (sulfide) groups is 1. The fraction of sp³-hybridized carbons (Fsp3) is 0.800. The number of rotatable bonds is 3. The Kier molecular flexibility index (Phi) is 3.99. The Bertz CT molecular complexity index is 307. The monoisotopic (exact) mass is 243 g/mol. The van der Waals surface area contributed by atoms with Gasteiger partial charge in [-0.1, -0.05) is 0 Å². The van der Waals surface area contributed by atoms with Crippen LogP contribution in [0.15, 0.2) is 0 Å². The quantitative estimate of drug-likeness (QED) is 0.884. The van der Waals surface area contributed by atoms with Crippen molar-refractivity contribution < 1.29 is 0 Å². The summed E-state index contributed by atoms with van der Waals surface area (Å²) in [5.74, 6) is 2.56. The Balaban J connectivity index is 1.88. The van der Waals surface area contributed by atoms with E-state index in [2.05, 4.69) is 34.2 Å². The van der Waals surface area contributed by atoms with Gasteiger partial charge in [0.15, 0.2) is 0 Å². The normalized spacial score (nSPS) is 24.0. The van der Waals surface area contributed by atoms with E-state index in [0.717, 1.165) is 10.0 Å². The van der Waals surface area contributed by atoms with Crippen molar-refractivity contribution in [2.75, 3.05) is 11.5 Å². The van der Waals surface area contributed by atoms with Crippen LogP contribution in [0, 0.1) is 6.92 Å². The summed E-state index contributed by atoms with van der Waals surface area (Å²) in [7, 11) is 0. The van der Waals surface area contributed by atoms with Gasteiger partial charge in [-0.25, -0.2) is 0 Å². The van der Waals surface area contributed by atoms with Crippen molar-refractivity contribution >= 4 is 23.1 Å². The Hall–Kier alpha value is -0.130. The first-order chi connectivity index (χ1) is 7.25. The Morgan fingerprint density at radius 1 is 1.47 bits per heavy atom. The molecule has 2 rings (SSSR count). The second-order valence-electron chi connectivity index (χ2n) is 3.96. The van der Waals surface area contributed by atoms with Gasteiger partial charge >= 0.3 is 0 Å². The third kappa shape index (κ3) is 3.16. The van der Waals surface area contributed by atoms with Crippen LogP contribution in [0.25, 0.3) is 0 Å². The number of aromatic nitrogens is 2. The summed E-state index contributed by atoms with van der Waals surface area (Å²) in [6.07, 6.45) is 2.64. The molecule has 3 nitrogen and oxygen atoms in total. The van der Waals surface area contributed by atoms with Crippen molar-refractivity contribution in [3.05, 3.63) is 10.0 Å². The van der Waals surface area contributed by atoms with E-state index < -0.39 is 0 Å². The van der Waals surface area contributed by atoms with E-state index in [1.165, 1.54) is 24.3 Å². The lowest BCUT2D eigenvalue weighted by atomic mass is 10.1. The van der Waals surface area contributed by atoms with E-state index >= 15 is 0 Å². The van der Waals surface area contributed by atoms with Crippen molar-refractivity contribution in [2.24, 2.45) is 0 Å². The third-order valence-electron chi connectivity index (χ3n) is 2.56. The summed E-state index contributed by atoms with van der Waals surface area (Å²) >= 11 is 3.74. The van der Waals surface area contributed by atoms with Gasteiger partial charge in [-0.3, -0.25) is 0 Å². The summed E-state index contributed by atoms with van der Waals surface area (Å²) in [5, 5.41) is 14.0. The topological polar surface area (TPSA) is 37.8 Å². The molecule has 0 aromatic carbocycles. The van der Waals surface area contributed by atoms with Gasteiger partial charge in [0.25, 0.3) is 0 Å². The largest absolute Gasteiger partial charge is 0.304 e. The lowest BCUT2D eigenvalue weighted by Gasteiger charge is -2.25. The molecule has 1 aliphatic heterocycles. The second kappa shape index (κ2) is 5.27. The summed E-state index contributed by atoms with van der Waals surface area (Å²) in [5.41, 5.74) is 0. The zero-order chi connectivity index (χ0) is 10.7. The molecular formula is C10H17N3S2. The van der Waals surface area contributed by atoms with Crippen LogP contribution in [0.1, 0.15) is 35.8 Å². The zero-order valence-corrected chi connectivity index (χ0v) is 10.8. The molecular weight excluding hydrogens is 226 g/mol. The maximum Gasteiger partial charge on any atom is 0.134 e. The van der Waals surface area contributed by atoms with E-state index in [1.54, 1.807) is 11.3 Å². The second-order valence-corrected chi connectivity index (χ2v) is 6.32. The number of nitrogens with one attached hydrogen (secondary N) is 1. The minimum Gasteiger partial charge on any atom is -0.304 e. The molecule has 0 aliphatic carbocycles. The first-order valence-electron chi connectivity index (χ1n) is 5.39. The van der Waals surface area contributed by atoms with Gasteiger partial charge in [-0.2, -0.15) is 11.8 Å². The van der Waals surface area contributed by atoms with Crippen LogP contribution in [0.3, 0.4) is 0 Å². The molecule has 2 heterocycles. The average Bonchev–Trinajstić information content (AvgIpc) is 2.66. The van der Waals surface area contributed by atoms with Crippen LogP contribution in [0.4, 0.5) is 0 Å². The number of hydrogen-bond donors (Lipinski definition) is 1. The highest BCUT2D eigenvalue weighted by molar-refractivity contribution is 7.99. The fourth-order valence-corrected chi connectivity index (χ4v) is 3.58. The van der Waals surface area contributed by atoms with Gasteiger partial charge in [0, 0.05) is 11.8 Å². The lowest BCUT2D eigenvalue weighted by Crippen LogP contribution is -2.35. The van der Waals surface area contributed by atoms with Crippen molar-refractivity contribution in [2.45, 2.75) is 38.8 Å². The van der Waals surface area contributed by atoms with E-state index in [-0.39, 0.29) is 0 Å². The van der Waals surface area contributed by atoms with Crippen LogP contribution in [-0.2, 0) is 0 Å². The van der Waals surface area contributed by atoms with Crippen LogP contribution >= 0.6 is 23.1 Å². The number of hydrogen-bond acceptors (Lipinski definition) is 5. The third-order valence-corrected chi connectivity index (χ3v) is 4.79. The predicted octanol–water partition coefficient (Wildman–Crippen LogP) is 2.39. The molecule has 0 bridgehead atoms. The molecule has 1 saturated heterocycles. The van der Waals surface area contributed by atoms with Crippen molar-refractivity contribution in [1.82, 2.24) is 15.5 Å². The maximum atomic E-state index is 4.18. The molecule has 1 N–H and O–H groups in total. The van der Waals surface area contributed by atoms with Gasteiger partial charge in [-0.05, 0) is 32.4 Å². The van der Waals surface area contributed by atoms with E-state index in [0.29, 0.717) is 12.1 Å². The number of nitrogens with zero attached hydrogens (tertiary/aromatic N) is 2. The lowest BCUT2D eigenvalue weighted by molar-refractivity contribution is 0.450. The fourth-order valence-electron chi connectivity index (χ4n) is 1.78. The van der Waals surface area contributed by atoms with Crippen LogP contribution in [0.2, 0.25) is 0 Å². The van der Waals surface area contributed by atoms with Gasteiger partial charge in [-0.15, -0.1) is 21.5 Å². The number of aryl methyl sites for hydroxylation is 1. The van der Waals surface area contributed by atoms with E-state index in [1.807, 2.05) is 6.92 Å². The van der Waals surface area contributed by atoms with E-state index in [9.17, 15) is 0 Å². The first-order valence-corrected chi connectivity index (χ1v) is 7.36. The van der Waals surface area contributed by atoms with Gasteiger partial charge < -0.3 is 5.32 Å². The first kappa shape index (κ1) is 11.4. The highest BCUT2D eigenvalue weighted by Crippen LogP contribution is 2.22. The standard InChI is InChI=1S/C10H17N3S2/c1-7(10-13-12-8(2)15-10)11-9-4-3-5-14-6-9/h7,9,11H,3-6H2,1-2H3. The van der Waals surface area contributed by atoms with Crippen LogP contribution in [-0.4, -0.2) is 27.7 Å². The molecule has 0 spiro atoms. The highest BCUT2D eigenvalue weighted by Gasteiger charge is 2.18. The van der Waals surface area contributed by atoms with E-state index in [4.69, 9.17) is 0 Å². The highest BCUT2D eigenvalue weighted by atomic mass is 32.2. The Morgan fingerprint density at radius 3 is 2.93 bits per heavy atom. The average molecular weight is 243 g/mol. The van der Waals surface area contributed by atoms with Gasteiger partial charge in [0.2, 0.25) is 0 Å². The van der Waals surface area contributed by atoms with Gasteiger partial charge in [0.05, 0.1) is 6.04 Å². The van der Waals surface area contributed by atoms with Crippen LogP contribution < -0.4 is 5.32 Å². The molecule has 0 amide bonds. The molecule has 2 atom stereocenters. The molecule has 84 valence electrons. The predicted molar refractivity (Wildman–Crippen MR) is 66.5 cm³/mol. The summed E-state index contributed by atoms with van der Waals surface area (Å²) < 4.78 is 0. The minimum atomic E-state index is 0.347.